The number of nitrogens with zero attached hydrogens (tertiary/aromatic N) is 1. The van der Waals surface area contributed by atoms with Gasteiger partial charge in [0.15, 0.2) is 28.8 Å². The molecule has 1 saturated carbocycles. The molecule has 0 unspecified atom stereocenters. The lowest BCUT2D eigenvalue weighted by atomic mass is 9.59. The van der Waals surface area contributed by atoms with Crippen molar-refractivity contribution < 1.29 is 42.9 Å². The van der Waals surface area contributed by atoms with Crippen LogP contribution in [-0.2, 0) is 30.0 Å². The van der Waals surface area contributed by atoms with Crippen LogP contribution in [0.5, 0.6) is 23.0 Å². The van der Waals surface area contributed by atoms with E-state index in [2.05, 4.69) is 0 Å². The minimum absolute atomic E-state index is 0.0375. The molecule has 5 aromatic carbocycles. The molecule has 2 amide bonds. The Bertz CT molecular complexity index is 2320. The molecule has 5 aliphatic rings. The van der Waals surface area contributed by atoms with E-state index in [9.17, 15) is 4.79 Å². The number of fused-ring (bicyclic) bond motifs is 7. The highest BCUT2D eigenvalue weighted by Gasteiger charge is 2.83. The van der Waals surface area contributed by atoms with Crippen molar-refractivity contribution in [3.05, 3.63) is 149 Å². The third kappa shape index (κ3) is 3.87. The van der Waals surface area contributed by atoms with Gasteiger partial charge in [0.05, 0.1) is 41.0 Å². The molecule has 260 valence electrons. The number of Topliss-reactive ketones (excluding diaryl/α,β-unsaturated/α-hetero) is 1. The fourth-order valence-electron chi connectivity index (χ4n) is 9.42. The van der Waals surface area contributed by atoms with Gasteiger partial charge in [0.1, 0.15) is 0 Å². The molecule has 2 aliphatic carbocycles. The Labute approximate surface area is 303 Å². The van der Waals surface area contributed by atoms with Gasteiger partial charge in [0.25, 0.3) is 0 Å². The maximum Gasteiger partial charge on any atom is 0.339 e. The van der Waals surface area contributed by atoms with E-state index in [4.69, 9.17) is 23.7 Å². The summed E-state index contributed by atoms with van der Waals surface area (Å²) in [5, 5.41) is 0. The number of benzene rings is 5. The first kappa shape index (κ1) is 31.1. The maximum atomic E-state index is 16.3. The molecule has 10 nitrogen and oxygen atoms in total. The van der Waals surface area contributed by atoms with Crippen LogP contribution in [0.15, 0.2) is 121 Å². The largest absolute Gasteiger partial charge is 0.465 e. The van der Waals surface area contributed by atoms with Gasteiger partial charge in [0.2, 0.25) is 25.4 Å². The molecule has 2 fully saturated rings. The number of imide groups is 1. The molecule has 3 heterocycles. The van der Waals surface area contributed by atoms with Crippen molar-refractivity contribution >= 4 is 40.4 Å². The number of amides is 2. The summed E-state index contributed by atoms with van der Waals surface area (Å²) in [6.07, 6.45) is 0. The SMILES string of the molecule is COC(=O)c1ccccc1N1C(=O)[C@@H]2[C@H](C1=O)[C@@]1(c3ccccc3)C(=O)[C@@]2(c2ccccc2)C(c2ccc3c(c2)OCO3)=C1c1ccc2c(c1)OCO2. The summed E-state index contributed by atoms with van der Waals surface area (Å²) >= 11 is 0. The molecule has 0 spiro atoms. The van der Waals surface area contributed by atoms with E-state index < -0.39 is 40.4 Å². The van der Waals surface area contributed by atoms with Crippen molar-refractivity contribution in [1.29, 1.82) is 0 Å². The number of allylic oxidation sites excluding steroid dienone is 2. The molecule has 10 rings (SSSR count). The van der Waals surface area contributed by atoms with Crippen LogP contribution in [-0.4, -0.2) is 44.3 Å². The number of esters is 1. The van der Waals surface area contributed by atoms with Gasteiger partial charge in [-0.05, 0) is 69.8 Å². The van der Waals surface area contributed by atoms with Crippen LogP contribution in [0.4, 0.5) is 5.69 Å². The Morgan fingerprint density at radius 3 is 1.55 bits per heavy atom. The van der Waals surface area contributed by atoms with Gasteiger partial charge in [-0.3, -0.25) is 14.4 Å². The third-order valence-corrected chi connectivity index (χ3v) is 11.3. The number of para-hydroxylation sites is 1. The van der Waals surface area contributed by atoms with Gasteiger partial charge < -0.3 is 23.7 Å². The van der Waals surface area contributed by atoms with Crippen molar-refractivity contribution in [2.75, 3.05) is 25.6 Å². The van der Waals surface area contributed by atoms with E-state index in [1.165, 1.54) is 13.2 Å². The molecule has 4 atom stereocenters. The van der Waals surface area contributed by atoms with Crippen molar-refractivity contribution in [3.8, 4) is 23.0 Å². The van der Waals surface area contributed by atoms with Crippen molar-refractivity contribution in [1.82, 2.24) is 0 Å². The first-order valence-corrected chi connectivity index (χ1v) is 17.2. The standard InChI is InChI=1S/C43H29NO9/c1-49-40(47)28-14-8-9-15-29(28)44-38(45)36-37(39(44)46)43(27-12-6-3-7-13-27)35(25-17-19-31-33(21-25)53-23-51-31)34(24-16-18-30-32(20-24)52-22-50-30)42(36,41(43)48)26-10-4-2-5-11-26/h2-21,36-37H,22-23H2,1H3/t36-,37+,42-,43-/m0/s1. The molecule has 53 heavy (non-hydrogen) atoms. The number of carbonyl (C=O) groups excluding carboxylic acids is 4. The van der Waals surface area contributed by atoms with Gasteiger partial charge in [-0.25, -0.2) is 9.69 Å². The Morgan fingerprint density at radius 2 is 1.06 bits per heavy atom. The first-order valence-electron chi connectivity index (χ1n) is 17.2. The minimum Gasteiger partial charge on any atom is -0.465 e. The number of ether oxygens (including phenoxy) is 5. The smallest absolute Gasteiger partial charge is 0.339 e. The van der Waals surface area contributed by atoms with Gasteiger partial charge in [-0.1, -0.05) is 84.9 Å². The lowest BCUT2D eigenvalue weighted by molar-refractivity contribution is -0.130. The van der Waals surface area contributed by atoms with Crippen LogP contribution < -0.4 is 23.8 Å². The molecule has 0 N–H and O–H groups in total. The normalized spacial score (nSPS) is 24.6. The second-order valence-corrected chi connectivity index (χ2v) is 13.5. The van der Waals surface area contributed by atoms with Crippen molar-refractivity contribution in [3.63, 3.8) is 0 Å². The molecule has 0 radical (unpaired) electrons. The predicted octanol–water partition coefficient (Wildman–Crippen LogP) is 6.12. The van der Waals surface area contributed by atoms with Gasteiger partial charge in [0, 0.05) is 0 Å². The zero-order chi connectivity index (χ0) is 36.1. The summed E-state index contributed by atoms with van der Waals surface area (Å²) in [4.78, 5) is 61.3. The summed E-state index contributed by atoms with van der Waals surface area (Å²) in [5.41, 5.74) is 0.310. The lowest BCUT2D eigenvalue weighted by Crippen LogP contribution is -2.46. The summed E-state index contributed by atoms with van der Waals surface area (Å²) in [6, 6.07) is 35.8. The van der Waals surface area contributed by atoms with E-state index in [1.807, 2.05) is 84.9 Å². The van der Waals surface area contributed by atoms with Crippen LogP contribution in [0.3, 0.4) is 0 Å². The van der Waals surface area contributed by atoms with E-state index in [0.29, 0.717) is 56.4 Å². The molecule has 1 saturated heterocycles. The molecule has 2 bridgehead atoms. The summed E-state index contributed by atoms with van der Waals surface area (Å²) in [6.45, 7) is 0.0750. The Morgan fingerprint density at radius 1 is 0.604 bits per heavy atom. The highest BCUT2D eigenvalue weighted by Crippen LogP contribution is 2.75. The van der Waals surface area contributed by atoms with Crippen LogP contribution in [0.2, 0.25) is 0 Å². The van der Waals surface area contributed by atoms with Crippen molar-refractivity contribution in [2.24, 2.45) is 11.8 Å². The number of ketones is 1. The number of hydrogen-bond acceptors (Lipinski definition) is 9. The average Bonchev–Trinajstić information content (AvgIpc) is 4.01. The van der Waals surface area contributed by atoms with Crippen LogP contribution in [0.25, 0.3) is 11.1 Å². The molecular weight excluding hydrogens is 674 g/mol. The van der Waals surface area contributed by atoms with E-state index in [1.54, 1.807) is 30.3 Å². The highest BCUT2D eigenvalue weighted by atomic mass is 16.7. The quantitative estimate of drug-likeness (QED) is 0.152. The van der Waals surface area contributed by atoms with Gasteiger partial charge in [-0.2, -0.15) is 0 Å². The molecule has 0 aromatic heterocycles. The Balaban J connectivity index is 1.36. The van der Waals surface area contributed by atoms with E-state index in [0.717, 1.165) is 4.90 Å². The average molecular weight is 704 g/mol. The van der Waals surface area contributed by atoms with Crippen LogP contribution in [0, 0.1) is 11.8 Å². The maximum absolute atomic E-state index is 16.3. The van der Waals surface area contributed by atoms with E-state index >= 15 is 14.4 Å². The second-order valence-electron chi connectivity index (χ2n) is 13.5. The molecular formula is C43H29NO9. The molecule has 3 aliphatic heterocycles. The Hall–Kier alpha value is -6.68. The number of hydrogen-bond donors (Lipinski definition) is 0. The van der Waals surface area contributed by atoms with Gasteiger partial charge in [-0.15, -0.1) is 0 Å². The third-order valence-electron chi connectivity index (χ3n) is 11.3. The van der Waals surface area contributed by atoms with Crippen LogP contribution >= 0.6 is 0 Å². The summed E-state index contributed by atoms with van der Waals surface area (Å²) < 4.78 is 28.2. The lowest BCUT2D eigenvalue weighted by Gasteiger charge is -2.39. The number of methoxy groups -OCH3 is 1. The van der Waals surface area contributed by atoms with Crippen molar-refractivity contribution in [2.45, 2.75) is 10.8 Å². The molecule has 5 aromatic rings. The number of carbonyl (C=O) groups is 4. The topological polar surface area (TPSA) is 118 Å². The first-order chi connectivity index (χ1) is 25.9. The Kier molecular flexibility index (Phi) is 6.54. The highest BCUT2D eigenvalue weighted by molar-refractivity contribution is 6.39. The van der Waals surface area contributed by atoms with Gasteiger partial charge >= 0.3 is 5.97 Å². The summed E-state index contributed by atoms with van der Waals surface area (Å²) in [7, 11) is 1.24. The summed E-state index contributed by atoms with van der Waals surface area (Å²) in [5.74, 6) is -2.48. The fourth-order valence-corrected chi connectivity index (χ4v) is 9.42. The van der Waals surface area contributed by atoms with Crippen LogP contribution in [0.1, 0.15) is 32.6 Å². The number of anilines is 1. The zero-order valence-corrected chi connectivity index (χ0v) is 28.2. The predicted molar refractivity (Wildman–Crippen MR) is 190 cm³/mol. The second kappa shape index (κ2) is 11.2. The number of rotatable bonds is 6. The monoisotopic (exact) mass is 703 g/mol. The fraction of sp³-hybridized carbons (Fsp3) is 0.163. The zero-order valence-electron chi connectivity index (χ0n) is 28.2. The molecule has 10 heteroatoms. The minimum atomic E-state index is -1.68. The van der Waals surface area contributed by atoms with E-state index in [-0.39, 0.29) is 30.6 Å².